The molecule has 3 aromatic heterocycles. The molecule has 0 unspecified atom stereocenters. The predicted molar refractivity (Wildman–Crippen MR) is 86.4 cm³/mol. The number of rotatable bonds is 4. The molecule has 1 atom stereocenters. The van der Waals surface area contributed by atoms with Crippen LogP contribution in [-0.4, -0.2) is 35.8 Å². The lowest BCUT2D eigenvalue weighted by Gasteiger charge is -2.15. The summed E-state index contributed by atoms with van der Waals surface area (Å²) in [6.07, 6.45) is 6.29. The maximum atomic E-state index is 12.5. The average molecular weight is 339 g/mol. The molecule has 0 bridgehead atoms. The summed E-state index contributed by atoms with van der Waals surface area (Å²) >= 11 is 0. The number of carbonyl (C=O) groups excluding carboxylic acids is 1. The Balaban J connectivity index is 1.49. The smallest absolute Gasteiger partial charge is 0.289 e. The van der Waals surface area contributed by atoms with E-state index in [-0.39, 0.29) is 5.91 Å². The number of pyridine rings is 1. The summed E-state index contributed by atoms with van der Waals surface area (Å²) in [5, 5.41) is 14.9. The van der Waals surface area contributed by atoms with Gasteiger partial charge in [-0.1, -0.05) is 5.16 Å². The standard InChI is InChI=1S/C16H17N7O2/c1-10(16-19-13(22-25-16)11-5-4-7-17-9-11)18-15(24)14-21-20-12-6-2-3-8-23(12)14/h4-5,7,9-10H,2-3,6,8H2,1H3,(H,18,24)/t10-/m0/s1. The first-order chi connectivity index (χ1) is 12.2. The van der Waals surface area contributed by atoms with Crippen LogP contribution in [0, 0.1) is 0 Å². The summed E-state index contributed by atoms with van der Waals surface area (Å²) < 4.78 is 7.14. The van der Waals surface area contributed by atoms with Crippen molar-refractivity contribution in [2.45, 2.75) is 38.8 Å². The molecule has 0 radical (unpaired) electrons. The van der Waals surface area contributed by atoms with Gasteiger partial charge in [0.05, 0.1) is 0 Å². The Labute approximate surface area is 143 Å². The van der Waals surface area contributed by atoms with E-state index in [4.69, 9.17) is 4.52 Å². The highest BCUT2D eigenvalue weighted by molar-refractivity contribution is 5.90. The van der Waals surface area contributed by atoms with Crippen LogP contribution in [0.2, 0.25) is 0 Å². The predicted octanol–water partition coefficient (Wildman–Crippen LogP) is 1.55. The van der Waals surface area contributed by atoms with Gasteiger partial charge >= 0.3 is 0 Å². The normalized spacial score (nSPS) is 14.8. The molecule has 128 valence electrons. The van der Waals surface area contributed by atoms with Crippen LogP contribution in [0.1, 0.15) is 48.1 Å². The molecule has 4 rings (SSSR count). The van der Waals surface area contributed by atoms with Crippen LogP contribution in [0.15, 0.2) is 29.0 Å². The second kappa shape index (κ2) is 6.42. The van der Waals surface area contributed by atoms with Crippen LogP contribution < -0.4 is 5.32 Å². The van der Waals surface area contributed by atoms with Crippen LogP contribution in [0.5, 0.6) is 0 Å². The van der Waals surface area contributed by atoms with Gasteiger partial charge in [0, 0.05) is 30.9 Å². The Bertz CT molecular complexity index is 887. The van der Waals surface area contributed by atoms with Crippen molar-refractivity contribution in [3.05, 3.63) is 42.1 Å². The van der Waals surface area contributed by atoms with Crippen molar-refractivity contribution in [3.8, 4) is 11.4 Å². The minimum absolute atomic E-state index is 0.297. The van der Waals surface area contributed by atoms with Crippen LogP contribution >= 0.6 is 0 Å². The van der Waals surface area contributed by atoms with E-state index in [0.717, 1.165) is 37.2 Å². The van der Waals surface area contributed by atoms with Crippen LogP contribution in [-0.2, 0) is 13.0 Å². The zero-order chi connectivity index (χ0) is 17.2. The zero-order valence-electron chi connectivity index (χ0n) is 13.7. The Hall–Kier alpha value is -3.10. The van der Waals surface area contributed by atoms with Crippen LogP contribution in [0.3, 0.4) is 0 Å². The molecule has 9 heteroatoms. The van der Waals surface area contributed by atoms with Crippen molar-refractivity contribution in [2.24, 2.45) is 0 Å². The first kappa shape index (κ1) is 15.4. The molecular weight excluding hydrogens is 322 g/mol. The minimum Gasteiger partial charge on any atom is -0.338 e. The van der Waals surface area contributed by atoms with E-state index in [1.807, 2.05) is 10.6 Å². The fourth-order valence-electron chi connectivity index (χ4n) is 2.82. The Morgan fingerprint density at radius 1 is 1.36 bits per heavy atom. The SMILES string of the molecule is C[C@H](NC(=O)c1nnc2n1CCCC2)c1nc(-c2cccnc2)no1. The third kappa shape index (κ3) is 3.00. The first-order valence-electron chi connectivity index (χ1n) is 8.19. The quantitative estimate of drug-likeness (QED) is 0.767. The van der Waals surface area contributed by atoms with Gasteiger partial charge in [0.2, 0.25) is 17.5 Å². The van der Waals surface area contributed by atoms with Crippen molar-refractivity contribution >= 4 is 5.91 Å². The molecule has 0 aromatic carbocycles. The second-order valence-corrected chi connectivity index (χ2v) is 5.94. The van der Waals surface area contributed by atoms with Gasteiger partial charge in [-0.2, -0.15) is 4.98 Å². The Morgan fingerprint density at radius 2 is 2.28 bits per heavy atom. The highest BCUT2D eigenvalue weighted by atomic mass is 16.5. The zero-order valence-corrected chi connectivity index (χ0v) is 13.7. The van der Waals surface area contributed by atoms with Gasteiger partial charge in [0.25, 0.3) is 5.91 Å². The van der Waals surface area contributed by atoms with E-state index in [2.05, 4.69) is 30.6 Å². The molecule has 1 aliphatic rings. The number of nitrogens with zero attached hydrogens (tertiary/aromatic N) is 6. The molecular formula is C16H17N7O2. The van der Waals surface area contributed by atoms with E-state index >= 15 is 0 Å². The fourth-order valence-corrected chi connectivity index (χ4v) is 2.82. The van der Waals surface area contributed by atoms with E-state index in [9.17, 15) is 4.79 Å². The molecule has 1 aliphatic heterocycles. The molecule has 0 saturated heterocycles. The molecule has 25 heavy (non-hydrogen) atoms. The average Bonchev–Trinajstić information content (AvgIpc) is 3.30. The number of nitrogens with one attached hydrogen (secondary N) is 1. The minimum atomic E-state index is -0.443. The number of carbonyl (C=O) groups is 1. The highest BCUT2D eigenvalue weighted by Crippen LogP contribution is 2.18. The topological polar surface area (TPSA) is 112 Å². The third-order valence-electron chi connectivity index (χ3n) is 4.14. The molecule has 9 nitrogen and oxygen atoms in total. The summed E-state index contributed by atoms with van der Waals surface area (Å²) in [6.45, 7) is 2.55. The number of hydrogen-bond acceptors (Lipinski definition) is 7. The molecule has 0 aliphatic carbocycles. The number of fused-ring (bicyclic) bond motifs is 1. The summed E-state index contributed by atoms with van der Waals surface area (Å²) in [6, 6.07) is 3.19. The largest absolute Gasteiger partial charge is 0.338 e. The van der Waals surface area contributed by atoms with Gasteiger partial charge in [0.1, 0.15) is 11.9 Å². The Kier molecular flexibility index (Phi) is 3.96. The monoisotopic (exact) mass is 339 g/mol. The van der Waals surface area contributed by atoms with Crippen LogP contribution in [0.25, 0.3) is 11.4 Å². The maximum absolute atomic E-state index is 12.5. The van der Waals surface area contributed by atoms with E-state index in [0.29, 0.717) is 17.5 Å². The maximum Gasteiger partial charge on any atom is 0.289 e. The lowest BCUT2D eigenvalue weighted by Crippen LogP contribution is -2.30. The first-order valence-corrected chi connectivity index (χ1v) is 8.19. The molecule has 3 aromatic rings. The van der Waals surface area contributed by atoms with Crippen molar-refractivity contribution in [3.63, 3.8) is 0 Å². The van der Waals surface area contributed by atoms with Gasteiger partial charge in [-0.05, 0) is 31.9 Å². The summed E-state index contributed by atoms with van der Waals surface area (Å²) in [4.78, 5) is 20.9. The van der Waals surface area contributed by atoms with Gasteiger partial charge in [-0.15, -0.1) is 10.2 Å². The van der Waals surface area contributed by atoms with Crippen LogP contribution in [0.4, 0.5) is 0 Å². The fraction of sp³-hybridized carbons (Fsp3) is 0.375. The molecule has 0 spiro atoms. The lowest BCUT2D eigenvalue weighted by molar-refractivity contribution is 0.0916. The van der Waals surface area contributed by atoms with E-state index in [1.54, 1.807) is 25.4 Å². The molecule has 0 saturated carbocycles. The molecule has 1 N–H and O–H groups in total. The van der Waals surface area contributed by atoms with Gasteiger partial charge in [0.15, 0.2) is 0 Å². The molecule has 0 fully saturated rings. The van der Waals surface area contributed by atoms with E-state index in [1.165, 1.54) is 0 Å². The Morgan fingerprint density at radius 3 is 3.12 bits per heavy atom. The lowest BCUT2D eigenvalue weighted by atomic mass is 10.1. The number of amides is 1. The second-order valence-electron chi connectivity index (χ2n) is 5.94. The molecule has 1 amide bonds. The van der Waals surface area contributed by atoms with Crippen molar-refractivity contribution < 1.29 is 9.32 Å². The van der Waals surface area contributed by atoms with Crippen molar-refractivity contribution in [2.75, 3.05) is 0 Å². The summed E-state index contributed by atoms with van der Waals surface area (Å²) in [7, 11) is 0. The third-order valence-corrected chi connectivity index (χ3v) is 4.14. The van der Waals surface area contributed by atoms with Gasteiger partial charge < -0.3 is 14.4 Å². The number of aryl methyl sites for hydroxylation is 1. The van der Waals surface area contributed by atoms with E-state index < -0.39 is 6.04 Å². The number of hydrogen-bond donors (Lipinski definition) is 1. The van der Waals surface area contributed by atoms with Gasteiger partial charge in [-0.25, -0.2) is 0 Å². The molecule has 4 heterocycles. The summed E-state index contributed by atoms with van der Waals surface area (Å²) in [5.41, 5.74) is 0.752. The highest BCUT2D eigenvalue weighted by Gasteiger charge is 2.24. The number of aromatic nitrogens is 6. The van der Waals surface area contributed by atoms with Crippen molar-refractivity contribution in [1.82, 2.24) is 35.2 Å². The van der Waals surface area contributed by atoms with Gasteiger partial charge in [-0.3, -0.25) is 9.78 Å². The van der Waals surface area contributed by atoms with Crippen molar-refractivity contribution in [1.29, 1.82) is 0 Å². The summed E-state index contributed by atoms with van der Waals surface area (Å²) in [5.74, 6) is 1.65.